The van der Waals surface area contributed by atoms with Crippen molar-refractivity contribution in [1.29, 1.82) is 0 Å². The second-order valence-electron chi connectivity index (χ2n) is 7.78. The first kappa shape index (κ1) is 22.5. The quantitative estimate of drug-likeness (QED) is 0.481. The number of nitrogens with one attached hydrogen (secondary N) is 1. The number of hydrogen-bond acceptors (Lipinski definition) is 4. The highest BCUT2D eigenvalue weighted by Gasteiger charge is 2.38. The van der Waals surface area contributed by atoms with E-state index in [9.17, 15) is 13.2 Å². The number of benzene rings is 2. The molecule has 2 N–H and O–H groups in total. The van der Waals surface area contributed by atoms with Gasteiger partial charge in [-0.05, 0) is 36.8 Å². The number of fused-ring (bicyclic) bond motifs is 2. The molecular formula is C23H22F3N5O2. The lowest BCUT2D eigenvalue weighted by Crippen LogP contribution is -2.32. The van der Waals surface area contributed by atoms with Crippen molar-refractivity contribution in [3.05, 3.63) is 78.6 Å². The van der Waals surface area contributed by atoms with Gasteiger partial charge in [0.05, 0.1) is 11.0 Å². The van der Waals surface area contributed by atoms with Gasteiger partial charge < -0.3 is 15.0 Å². The summed E-state index contributed by atoms with van der Waals surface area (Å²) in [6.45, 7) is 3.22. The summed E-state index contributed by atoms with van der Waals surface area (Å²) in [5, 5.41) is 10.9. The highest BCUT2D eigenvalue weighted by Crippen LogP contribution is 2.22. The molecule has 5 rings (SSSR count). The zero-order valence-electron chi connectivity index (χ0n) is 17.7. The summed E-state index contributed by atoms with van der Waals surface area (Å²) in [6.07, 6.45) is 1.75. The van der Waals surface area contributed by atoms with E-state index in [0.717, 1.165) is 29.7 Å². The van der Waals surface area contributed by atoms with Crippen molar-refractivity contribution in [2.75, 3.05) is 0 Å². The monoisotopic (exact) mass is 457 g/mol. The standard InChI is InChI=1S/C21H21N5.C2HF3O2/c1-15(24-17-12-21-22-10-11-25(21)13-17)16-6-8-18(9-7-16)26-14-23-19-4-2-3-5-20(19)26;3-2(4,5)1(6)7/h2-11,14-15,17,24H,12-13H2,1H3;(H,6,7). The SMILES string of the molecule is CC(NC1Cc2nccn2C1)c1ccc(-n2cnc3ccccc32)cc1.O=C(O)C(F)(F)F. The number of nitrogens with zero attached hydrogens (tertiary/aromatic N) is 4. The molecule has 2 aromatic carbocycles. The lowest BCUT2D eigenvalue weighted by molar-refractivity contribution is -0.192. The Balaban J connectivity index is 0.000000325. The second-order valence-corrected chi connectivity index (χ2v) is 7.78. The number of carboxylic acid groups (broad SMARTS) is 1. The molecule has 172 valence electrons. The first-order valence-corrected chi connectivity index (χ1v) is 10.3. The van der Waals surface area contributed by atoms with Crippen LogP contribution in [-0.4, -0.2) is 42.4 Å². The number of rotatable bonds is 4. The summed E-state index contributed by atoms with van der Waals surface area (Å²) < 4.78 is 36.1. The number of aromatic nitrogens is 4. The van der Waals surface area contributed by atoms with Crippen LogP contribution in [0.1, 0.15) is 24.4 Å². The maximum absolute atomic E-state index is 10.6. The largest absolute Gasteiger partial charge is 0.490 e. The van der Waals surface area contributed by atoms with Crippen molar-refractivity contribution < 1.29 is 23.1 Å². The van der Waals surface area contributed by atoms with E-state index >= 15 is 0 Å². The van der Waals surface area contributed by atoms with Gasteiger partial charge in [0.1, 0.15) is 12.2 Å². The maximum Gasteiger partial charge on any atom is 0.490 e. The Morgan fingerprint density at radius 3 is 2.52 bits per heavy atom. The van der Waals surface area contributed by atoms with Crippen LogP contribution in [-0.2, 0) is 17.8 Å². The molecule has 0 spiro atoms. The normalized spacial score (nSPS) is 16.2. The van der Waals surface area contributed by atoms with Crippen molar-refractivity contribution in [2.45, 2.75) is 38.1 Å². The van der Waals surface area contributed by atoms with E-state index in [4.69, 9.17) is 9.90 Å². The molecule has 1 aliphatic rings. The van der Waals surface area contributed by atoms with Crippen molar-refractivity contribution in [3.63, 3.8) is 0 Å². The summed E-state index contributed by atoms with van der Waals surface area (Å²) in [7, 11) is 0. The van der Waals surface area contributed by atoms with Gasteiger partial charge in [-0.15, -0.1) is 0 Å². The fourth-order valence-electron chi connectivity index (χ4n) is 3.87. The van der Waals surface area contributed by atoms with Crippen LogP contribution in [0.25, 0.3) is 16.7 Å². The third kappa shape index (κ3) is 5.06. The van der Waals surface area contributed by atoms with Gasteiger partial charge in [0.2, 0.25) is 0 Å². The minimum Gasteiger partial charge on any atom is -0.475 e. The number of hydrogen-bond donors (Lipinski definition) is 2. The van der Waals surface area contributed by atoms with Gasteiger partial charge in [-0.2, -0.15) is 13.2 Å². The molecule has 2 unspecified atom stereocenters. The highest BCUT2D eigenvalue weighted by atomic mass is 19.4. The highest BCUT2D eigenvalue weighted by molar-refractivity contribution is 5.77. The number of carbonyl (C=O) groups is 1. The molecule has 0 saturated heterocycles. The number of imidazole rings is 2. The van der Waals surface area contributed by atoms with Gasteiger partial charge in [-0.25, -0.2) is 14.8 Å². The molecule has 3 heterocycles. The molecule has 0 bridgehead atoms. The maximum atomic E-state index is 10.6. The van der Waals surface area contributed by atoms with Crippen LogP contribution in [0.2, 0.25) is 0 Å². The van der Waals surface area contributed by atoms with Gasteiger partial charge in [0, 0.05) is 43.1 Å². The number of aliphatic carboxylic acids is 1. The van der Waals surface area contributed by atoms with Gasteiger partial charge >= 0.3 is 12.1 Å². The minimum atomic E-state index is -5.08. The molecule has 1 aliphatic heterocycles. The zero-order valence-corrected chi connectivity index (χ0v) is 17.7. The summed E-state index contributed by atoms with van der Waals surface area (Å²) in [4.78, 5) is 17.8. The summed E-state index contributed by atoms with van der Waals surface area (Å²) in [6, 6.07) is 17.7. The number of carboxylic acids is 1. The van der Waals surface area contributed by atoms with Crippen LogP contribution in [0.5, 0.6) is 0 Å². The third-order valence-corrected chi connectivity index (χ3v) is 5.50. The van der Waals surface area contributed by atoms with Crippen LogP contribution in [0.15, 0.2) is 67.3 Å². The van der Waals surface area contributed by atoms with Crippen molar-refractivity contribution >= 4 is 17.0 Å². The number of alkyl halides is 3. The molecule has 4 aromatic rings. The molecule has 10 heteroatoms. The fraction of sp³-hybridized carbons (Fsp3) is 0.261. The van der Waals surface area contributed by atoms with E-state index in [1.54, 1.807) is 0 Å². The smallest absolute Gasteiger partial charge is 0.475 e. The number of para-hydroxylation sites is 2. The second kappa shape index (κ2) is 9.07. The van der Waals surface area contributed by atoms with E-state index < -0.39 is 12.1 Å². The van der Waals surface area contributed by atoms with Gasteiger partial charge in [-0.3, -0.25) is 4.57 Å². The summed E-state index contributed by atoms with van der Waals surface area (Å²) >= 11 is 0. The topological polar surface area (TPSA) is 85.0 Å². The van der Waals surface area contributed by atoms with E-state index in [-0.39, 0.29) is 0 Å². The average Bonchev–Trinajstić information content (AvgIpc) is 3.48. The Hall–Kier alpha value is -3.66. The van der Waals surface area contributed by atoms with Crippen LogP contribution < -0.4 is 5.32 Å². The molecule has 0 aliphatic carbocycles. The van der Waals surface area contributed by atoms with Gasteiger partial charge in [-0.1, -0.05) is 24.3 Å². The molecule has 0 radical (unpaired) electrons. The lowest BCUT2D eigenvalue weighted by Gasteiger charge is -2.19. The number of halogens is 3. The van der Waals surface area contributed by atoms with E-state index in [0.29, 0.717) is 12.1 Å². The van der Waals surface area contributed by atoms with Crippen LogP contribution in [0.4, 0.5) is 13.2 Å². The minimum absolute atomic E-state index is 0.304. The molecule has 2 atom stereocenters. The third-order valence-electron chi connectivity index (χ3n) is 5.50. The predicted octanol–water partition coefficient (Wildman–Crippen LogP) is 4.13. The van der Waals surface area contributed by atoms with Crippen LogP contribution >= 0.6 is 0 Å². The molecule has 0 amide bonds. The summed E-state index contributed by atoms with van der Waals surface area (Å²) in [5.41, 5.74) is 4.58. The van der Waals surface area contributed by atoms with Crippen molar-refractivity contribution in [2.24, 2.45) is 0 Å². The molecule has 0 fully saturated rings. The Morgan fingerprint density at radius 1 is 1.15 bits per heavy atom. The first-order valence-electron chi connectivity index (χ1n) is 10.3. The molecule has 7 nitrogen and oxygen atoms in total. The Morgan fingerprint density at radius 2 is 1.85 bits per heavy atom. The Labute approximate surface area is 187 Å². The lowest BCUT2D eigenvalue weighted by atomic mass is 10.1. The Kier molecular flexibility index (Phi) is 6.19. The van der Waals surface area contributed by atoms with Gasteiger partial charge in [0.15, 0.2) is 0 Å². The van der Waals surface area contributed by atoms with Crippen molar-refractivity contribution in [3.8, 4) is 5.69 Å². The van der Waals surface area contributed by atoms with E-state index in [1.165, 1.54) is 11.4 Å². The fourth-order valence-corrected chi connectivity index (χ4v) is 3.87. The molecule has 2 aromatic heterocycles. The Bertz CT molecular complexity index is 1230. The van der Waals surface area contributed by atoms with Gasteiger partial charge in [0.25, 0.3) is 0 Å². The van der Waals surface area contributed by atoms with Crippen LogP contribution in [0, 0.1) is 0 Å². The van der Waals surface area contributed by atoms with Crippen LogP contribution in [0.3, 0.4) is 0 Å². The predicted molar refractivity (Wildman–Crippen MR) is 116 cm³/mol. The summed E-state index contributed by atoms with van der Waals surface area (Å²) in [5.74, 6) is -1.58. The molecular weight excluding hydrogens is 435 g/mol. The first-order chi connectivity index (χ1) is 15.7. The average molecular weight is 457 g/mol. The zero-order chi connectivity index (χ0) is 23.6. The molecule has 0 saturated carbocycles. The molecule has 33 heavy (non-hydrogen) atoms. The van der Waals surface area contributed by atoms with E-state index in [1.807, 2.05) is 30.7 Å². The van der Waals surface area contributed by atoms with Crippen molar-refractivity contribution in [1.82, 2.24) is 24.4 Å². The van der Waals surface area contributed by atoms with E-state index in [2.05, 4.69) is 67.9 Å².